The van der Waals surface area contributed by atoms with Gasteiger partial charge in [0.25, 0.3) is 0 Å². The predicted molar refractivity (Wildman–Crippen MR) is 91.4 cm³/mol. The number of hydrogen-bond donors (Lipinski definition) is 1. The molecular weight excluding hydrogens is 278 g/mol. The predicted octanol–water partition coefficient (Wildman–Crippen LogP) is 4.80. The quantitative estimate of drug-likeness (QED) is 0.756. The molecule has 0 spiro atoms. The average Bonchev–Trinajstić information content (AvgIpc) is 2.97. The van der Waals surface area contributed by atoms with Gasteiger partial charge in [-0.3, -0.25) is 0 Å². The molecule has 0 fully saturated rings. The fourth-order valence-electron chi connectivity index (χ4n) is 2.49. The van der Waals surface area contributed by atoms with Crippen LogP contribution in [0.1, 0.15) is 49.2 Å². The summed E-state index contributed by atoms with van der Waals surface area (Å²) in [6.45, 7) is 8.17. The summed E-state index contributed by atoms with van der Waals surface area (Å²) < 4.78 is 5.65. The van der Waals surface area contributed by atoms with Crippen molar-refractivity contribution in [3.63, 3.8) is 0 Å². The Bertz CT molecular complexity index is 550. The van der Waals surface area contributed by atoms with Gasteiger partial charge in [0.1, 0.15) is 5.75 Å². The van der Waals surface area contributed by atoms with Crippen molar-refractivity contribution in [1.29, 1.82) is 0 Å². The molecule has 0 aliphatic heterocycles. The molecule has 1 N–H and O–H groups in total. The van der Waals surface area contributed by atoms with E-state index in [1.807, 2.05) is 24.3 Å². The van der Waals surface area contributed by atoms with Crippen molar-refractivity contribution in [2.45, 2.75) is 39.7 Å². The van der Waals surface area contributed by atoms with Crippen molar-refractivity contribution in [1.82, 2.24) is 5.32 Å². The summed E-state index contributed by atoms with van der Waals surface area (Å²) in [5.74, 6) is 0.952. The molecule has 1 atom stereocenters. The molecule has 21 heavy (non-hydrogen) atoms. The van der Waals surface area contributed by atoms with Gasteiger partial charge < -0.3 is 10.1 Å². The van der Waals surface area contributed by atoms with E-state index in [4.69, 9.17) is 4.74 Å². The molecule has 1 unspecified atom stereocenters. The molecule has 2 rings (SSSR count). The van der Waals surface area contributed by atoms with Gasteiger partial charge >= 0.3 is 0 Å². The normalized spacial score (nSPS) is 12.3. The van der Waals surface area contributed by atoms with Crippen LogP contribution in [0.3, 0.4) is 0 Å². The summed E-state index contributed by atoms with van der Waals surface area (Å²) >= 11 is 1.84. The minimum atomic E-state index is 0.264. The molecule has 0 aliphatic rings. The summed E-state index contributed by atoms with van der Waals surface area (Å²) in [5.41, 5.74) is 2.72. The van der Waals surface area contributed by atoms with Crippen LogP contribution in [0.4, 0.5) is 0 Å². The fraction of sp³-hybridized carbons (Fsp3) is 0.444. The number of ether oxygens (including phenoxy) is 1. The van der Waals surface area contributed by atoms with Crippen LogP contribution >= 0.6 is 11.3 Å². The zero-order valence-electron chi connectivity index (χ0n) is 13.2. The molecular formula is C18H25NOS. The molecule has 0 bridgehead atoms. The third-order valence-corrected chi connectivity index (χ3v) is 4.55. The smallest absolute Gasteiger partial charge is 0.119 e. The van der Waals surface area contributed by atoms with E-state index in [2.05, 4.69) is 48.8 Å². The number of thiophene rings is 1. The first-order valence-corrected chi connectivity index (χ1v) is 8.70. The third-order valence-electron chi connectivity index (χ3n) is 3.52. The van der Waals surface area contributed by atoms with Gasteiger partial charge in [-0.2, -0.15) is 0 Å². The number of nitrogens with one attached hydrogen (secondary N) is 1. The molecule has 114 valence electrons. The Morgan fingerprint density at radius 1 is 1.19 bits per heavy atom. The highest BCUT2D eigenvalue weighted by Gasteiger charge is 2.18. The molecule has 0 aliphatic carbocycles. The minimum absolute atomic E-state index is 0.264. The van der Waals surface area contributed by atoms with Crippen LogP contribution < -0.4 is 10.1 Å². The van der Waals surface area contributed by atoms with Crippen molar-refractivity contribution in [3.8, 4) is 5.75 Å². The Labute approximate surface area is 132 Å². The van der Waals surface area contributed by atoms with Gasteiger partial charge in [0.2, 0.25) is 0 Å². The monoisotopic (exact) mass is 303 g/mol. The van der Waals surface area contributed by atoms with E-state index in [1.54, 1.807) is 0 Å². The van der Waals surface area contributed by atoms with Crippen LogP contribution in [0, 0.1) is 0 Å². The highest BCUT2D eigenvalue weighted by atomic mass is 32.1. The van der Waals surface area contributed by atoms with Gasteiger partial charge in [0.15, 0.2) is 0 Å². The summed E-state index contributed by atoms with van der Waals surface area (Å²) in [4.78, 5) is 1.43. The topological polar surface area (TPSA) is 21.3 Å². The van der Waals surface area contributed by atoms with E-state index in [0.29, 0.717) is 6.61 Å². The summed E-state index contributed by atoms with van der Waals surface area (Å²) in [6, 6.07) is 11.0. The molecule has 0 saturated heterocycles. The van der Waals surface area contributed by atoms with E-state index in [1.165, 1.54) is 16.0 Å². The fourth-order valence-corrected chi connectivity index (χ4v) is 3.59. The number of rotatable bonds is 8. The van der Waals surface area contributed by atoms with E-state index < -0.39 is 0 Å². The Morgan fingerprint density at radius 3 is 2.76 bits per heavy atom. The minimum Gasteiger partial charge on any atom is -0.494 e. The second-order valence-electron chi connectivity index (χ2n) is 5.06. The number of aryl methyl sites for hydroxylation is 1. The Hall–Kier alpha value is -1.32. The van der Waals surface area contributed by atoms with Gasteiger partial charge in [-0.25, -0.2) is 0 Å². The molecule has 2 nitrogen and oxygen atoms in total. The van der Waals surface area contributed by atoms with Crippen molar-refractivity contribution in [3.05, 3.63) is 51.7 Å². The van der Waals surface area contributed by atoms with Gasteiger partial charge in [-0.15, -0.1) is 11.3 Å². The van der Waals surface area contributed by atoms with Crippen LogP contribution in [0.25, 0.3) is 0 Å². The molecule has 3 heteroatoms. The average molecular weight is 303 g/mol. The van der Waals surface area contributed by atoms with E-state index in [9.17, 15) is 0 Å². The van der Waals surface area contributed by atoms with E-state index >= 15 is 0 Å². The first-order chi connectivity index (χ1) is 10.3. The van der Waals surface area contributed by atoms with E-state index in [-0.39, 0.29) is 6.04 Å². The second-order valence-corrected chi connectivity index (χ2v) is 6.00. The molecule has 0 radical (unpaired) electrons. The molecule has 1 heterocycles. The lowest BCUT2D eigenvalue weighted by molar-refractivity contribution is 0.339. The lowest BCUT2D eigenvalue weighted by Crippen LogP contribution is -2.23. The Morgan fingerprint density at radius 2 is 2.05 bits per heavy atom. The Kier molecular flexibility index (Phi) is 6.27. The first-order valence-electron chi connectivity index (χ1n) is 7.82. The molecule has 1 aromatic carbocycles. The van der Waals surface area contributed by atoms with Crippen LogP contribution in [0.5, 0.6) is 5.75 Å². The van der Waals surface area contributed by atoms with Crippen molar-refractivity contribution < 1.29 is 4.74 Å². The Balaban J connectivity index is 2.33. The first kappa shape index (κ1) is 16.1. The zero-order valence-corrected chi connectivity index (χ0v) is 14.0. The zero-order chi connectivity index (χ0) is 15.1. The number of hydrogen-bond acceptors (Lipinski definition) is 3. The van der Waals surface area contributed by atoms with Crippen molar-refractivity contribution in [2.75, 3.05) is 13.2 Å². The largest absolute Gasteiger partial charge is 0.494 e. The summed E-state index contributed by atoms with van der Waals surface area (Å²) in [7, 11) is 0. The second kappa shape index (κ2) is 8.20. The maximum Gasteiger partial charge on any atom is 0.119 e. The molecule has 1 aromatic heterocycles. The highest BCUT2D eigenvalue weighted by molar-refractivity contribution is 7.10. The lowest BCUT2D eigenvalue weighted by atomic mass is 10.0. The molecule has 2 aromatic rings. The van der Waals surface area contributed by atoms with Crippen LogP contribution in [0.15, 0.2) is 35.7 Å². The van der Waals surface area contributed by atoms with E-state index in [0.717, 1.165) is 25.1 Å². The highest BCUT2D eigenvalue weighted by Crippen LogP contribution is 2.31. The maximum absolute atomic E-state index is 5.65. The van der Waals surface area contributed by atoms with Crippen LogP contribution in [-0.4, -0.2) is 13.2 Å². The lowest BCUT2D eigenvalue weighted by Gasteiger charge is -2.20. The SMILES string of the molecule is CCCNC(c1cccc(OCC)c1)c1sccc1CC. The van der Waals surface area contributed by atoms with Gasteiger partial charge in [-0.05, 0) is 61.0 Å². The molecule has 0 saturated carbocycles. The standard InChI is InChI=1S/C18H25NOS/c1-4-11-19-17(18-14(5-2)10-12-21-18)15-8-7-9-16(13-15)20-6-3/h7-10,12-13,17,19H,4-6,11H2,1-3H3. The van der Waals surface area contributed by atoms with Crippen molar-refractivity contribution >= 4 is 11.3 Å². The van der Waals surface area contributed by atoms with Gasteiger partial charge in [-0.1, -0.05) is 26.0 Å². The summed E-state index contributed by atoms with van der Waals surface area (Å²) in [5, 5.41) is 5.88. The third kappa shape index (κ3) is 4.08. The number of benzene rings is 1. The van der Waals surface area contributed by atoms with Crippen LogP contribution in [0.2, 0.25) is 0 Å². The molecule has 0 amide bonds. The maximum atomic E-state index is 5.65. The van der Waals surface area contributed by atoms with Crippen LogP contribution in [-0.2, 0) is 6.42 Å². The van der Waals surface area contributed by atoms with Gasteiger partial charge in [0.05, 0.1) is 12.6 Å². The van der Waals surface area contributed by atoms with Gasteiger partial charge in [0, 0.05) is 4.88 Å². The summed E-state index contributed by atoms with van der Waals surface area (Å²) in [6.07, 6.45) is 2.21. The van der Waals surface area contributed by atoms with Crippen molar-refractivity contribution in [2.24, 2.45) is 0 Å².